The van der Waals surface area contributed by atoms with Crippen molar-refractivity contribution in [3.8, 4) is 0 Å². The lowest BCUT2D eigenvalue weighted by Crippen LogP contribution is -2.22. The maximum Gasteiger partial charge on any atom is 0.0661 e. The number of nitrogens with one attached hydrogen (secondary N) is 1. The number of methoxy groups -OCH3 is 1. The van der Waals surface area contributed by atoms with E-state index in [4.69, 9.17) is 9.47 Å². The number of aryl methyl sites for hydroxylation is 2. The van der Waals surface area contributed by atoms with Crippen LogP contribution in [0.25, 0.3) is 0 Å². The third-order valence-corrected chi connectivity index (χ3v) is 3.20. The van der Waals surface area contributed by atoms with Gasteiger partial charge in [-0.3, -0.25) is 0 Å². The lowest BCUT2D eigenvalue weighted by atomic mass is 10.0. The molecule has 18 heavy (non-hydrogen) atoms. The van der Waals surface area contributed by atoms with Gasteiger partial charge in [0, 0.05) is 20.3 Å². The molecule has 3 nitrogen and oxygen atoms in total. The molecular formula is C15H25NO2. The largest absolute Gasteiger partial charge is 0.385 e. The molecule has 0 saturated carbocycles. The standard InChI is InChI=1S/C15H25NO2/c1-12-6-7-14(10-13(12)2)15(16-3)11-18-9-5-8-17-4/h6-7,10,15-16H,5,8-9,11H2,1-4H3. The van der Waals surface area contributed by atoms with Crippen molar-refractivity contribution >= 4 is 0 Å². The first-order chi connectivity index (χ1) is 8.69. The van der Waals surface area contributed by atoms with Gasteiger partial charge in [0.2, 0.25) is 0 Å². The van der Waals surface area contributed by atoms with Crippen LogP contribution in [0.15, 0.2) is 18.2 Å². The van der Waals surface area contributed by atoms with Crippen molar-refractivity contribution in [2.45, 2.75) is 26.3 Å². The summed E-state index contributed by atoms with van der Waals surface area (Å²) in [5, 5.41) is 3.30. The van der Waals surface area contributed by atoms with Gasteiger partial charge < -0.3 is 14.8 Å². The van der Waals surface area contributed by atoms with E-state index in [2.05, 4.69) is 37.4 Å². The summed E-state index contributed by atoms with van der Waals surface area (Å²) in [7, 11) is 3.68. The highest BCUT2D eigenvalue weighted by atomic mass is 16.5. The van der Waals surface area contributed by atoms with Crippen LogP contribution in [-0.2, 0) is 9.47 Å². The van der Waals surface area contributed by atoms with E-state index in [0.717, 1.165) is 19.6 Å². The van der Waals surface area contributed by atoms with Crippen molar-refractivity contribution in [1.82, 2.24) is 5.32 Å². The van der Waals surface area contributed by atoms with Crippen LogP contribution in [0.4, 0.5) is 0 Å². The highest BCUT2D eigenvalue weighted by molar-refractivity contribution is 5.31. The molecule has 0 amide bonds. The van der Waals surface area contributed by atoms with Gasteiger partial charge in [-0.15, -0.1) is 0 Å². The highest BCUT2D eigenvalue weighted by Crippen LogP contribution is 2.17. The quantitative estimate of drug-likeness (QED) is 0.720. The molecule has 1 aromatic carbocycles. The Morgan fingerprint density at radius 1 is 1.17 bits per heavy atom. The molecule has 1 rings (SSSR count). The maximum absolute atomic E-state index is 5.67. The van der Waals surface area contributed by atoms with Gasteiger partial charge in [0.1, 0.15) is 0 Å². The van der Waals surface area contributed by atoms with Crippen molar-refractivity contribution in [3.63, 3.8) is 0 Å². The van der Waals surface area contributed by atoms with Crippen molar-refractivity contribution < 1.29 is 9.47 Å². The predicted octanol–water partition coefficient (Wildman–Crippen LogP) is 2.62. The predicted molar refractivity (Wildman–Crippen MR) is 75.0 cm³/mol. The second-order valence-electron chi connectivity index (χ2n) is 4.61. The molecule has 1 unspecified atom stereocenters. The van der Waals surface area contributed by atoms with Crippen LogP contribution in [0.2, 0.25) is 0 Å². The topological polar surface area (TPSA) is 30.5 Å². The van der Waals surface area contributed by atoms with Gasteiger partial charge >= 0.3 is 0 Å². The molecule has 0 aliphatic heterocycles. The number of ether oxygens (including phenoxy) is 2. The first-order valence-electron chi connectivity index (χ1n) is 6.50. The Kier molecular flexibility index (Phi) is 6.94. The van der Waals surface area contributed by atoms with Gasteiger partial charge in [-0.25, -0.2) is 0 Å². The Morgan fingerprint density at radius 3 is 2.56 bits per heavy atom. The molecule has 102 valence electrons. The van der Waals surface area contributed by atoms with Gasteiger partial charge in [-0.05, 0) is 44.0 Å². The van der Waals surface area contributed by atoms with Gasteiger partial charge in [0.25, 0.3) is 0 Å². The Balaban J connectivity index is 2.47. The molecule has 3 heteroatoms. The van der Waals surface area contributed by atoms with E-state index in [1.807, 2.05) is 7.05 Å². The SMILES string of the molecule is CNC(COCCCOC)c1ccc(C)c(C)c1. The second kappa shape index (κ2) is 8.25. The van der Waals surface area contributed by atoms with Gasteiger partial charge in [0.05, 0.1) is 12.6 Å². The summed E-state index contributed by atoms with van der Waals surface area (Å²) >= 11 is 0. The summed E-state index contributed by atoms with van der Waals surface area (Å²) in [6.45, 7) is 6.48. The average molecular weight is 251 g/mol. The molecule has 0 saturated heterocycles. The third-order valence-electron chi connectivity index (χ3n) is 3.20. The molecule has 0 spiro atoms. The second-order valence-corrected chi connectivity index (χ2v) is 4.61. The van der Waals surface area contributed by atoms with Crippen LogP contribution < -0.4 is 5.32 Å². The number of hydrogen-bond donors (Lipinski definition) is 1. The van der Waals surface area contributed by atoms with E-state index in [-0.39, 0.29) is 6.04 Å². The average Bonchev–Trinajstić information content (AvgIpc) is 2.37. The number of likely N-dealkylation sites (N-methyl/N-ethyl adjacent to an activating group) is 1. The highest BCUT2D eigenvalue weighted by Gasteiger charge is 2.09. The summed E-state index contributed by atoms with van der Waals surface area (Å²) in [6, 6.07) is 6.82. The summed E-state index contributed by atoms with van der Waals surface area (Å²) in [5.74, 6) is 0. The van der Waals surface area contributed by atoms with E-state index < -0.39 is 0 Å². The fourth-order valence-electron chi connectivity index (χ4n) is 1.83. The van der Waals surface area contributed by atoms with Crippen LogP contribution in [0.1, 0.15) is 29.2 Å². The Morgan fingerprint density at radius 2 is 1.94 bits per heavy atom. The van der Waals surface area contributed by atoms with E-state index in [1.165, 1.54) is 16.7 Å². The van der Waals surface area contributed by atoms with E-state index >= 15 is 0 Å². The first-order valence-corrected chi connectivity index (χ1v) is 6.50. The first kappa shape index (κ1) is 15.2. The lowest BCUT2D eigenvalue weighted by Gasteiger charge is -2.18. The minimum absolute atomic E-state index is 0.256. The monoisotopic (exact) mass is 251 g/mol. The molecule has 0 heterocycles. The smallest absolute Gasteiger partial charge is 0.0661 e. The van der Waals surface area contributed by atoms with Crippen LogP contribution in [0.5, 0.6) is 0 Å². The molecular weight excluding hydrogens is 226 g/mol. The van der Waals surface area contributed by atoms with E-state index in [1.54, 1.807) is 7.11 Å². The van der Waals surface area contributed by atoms with E-state index in [0.29, 0.717) is 6.61 Å². The van der Waals surface area contributed by atoms with Gasteiger partial charge in [-0.2, -0.15) is 0 Å². The third kappa shape index (κ3) is 4.77. The summed E-state index contributed by atoms with van der Waals surface area (Å²) in [4.78, 5) is 0. The molecule has 1 aromatic rings. The zero-order chi connectivity index (χ0) is 13.4. The van der Waals surface area contributed by atoms with Gasteiger partial charge in [-0.1, -0.05) is 18.2 Å². The summed E-state index contributed by atoms with van der Waals surface area (Å²) in [6.07, 6.45) is 0.944. The fourth-order valence-corrected chi connectivity index (χ4v) is 1.83. The van der Waals surface area contributed by atoms with Crippen LogP contribution in [0, 0.1) is 13.8 Å². The molecule has 0 aliphatic rings. The van der Waals surface area contributed by atoms with Gasteiger partial charge in [0.15, 0.2) is 0 Å². The summed E-state index contributed by atoms with van der Waals surface area (Å²) in [5.41, 5.74) is 3.94. The molecule has 0 aliphatic carbocycles. The molecule has 0 fully saturated rings. The molecule has 1 atom stereocenters. The summed E-state index contributed by atoms with van der Waals surface area (Å²) < 4.78 is 10.7. The molecule has 0 radical (unpaired) electrons. The molecule has 0 bridgehead atoms. The molecule has 1 N–H and O–H groups in total. The zero-order valence-electron chi connectivity index (χ0n) is 12.0. The number of benzene rings is 1. The fraction of sp³-hybridized carbons (Fsp3) is 0.600. The zero-order valence-corrected chi connectivity index (χ0v) is 12.0. The number of hydrogen-bond acceptors (Lipinski definition) is 3. The van der Waals surface area contributed by atoms with Crippen LogP contribution in [-0.4, -0.2) is 34.0 Å². The minimum Gasteiger partial charge on any atom is -0.385 e. The number of rotatable bonds is 8. The van der Waals surface area contributed by atoms with E-state index in [9.17, 15) is 0 Å². The lowest BCUT2D eigenvalue weighted by molar-refractivity contribution is 0.0889. The Labute approximate surface area is 110 Å². The van der Waals surface area contributed by atoms with Crippen molar-refractivity contribution in [3.05, 3.63) is 34.9 Å². The van der Waals surface area contributed by atoms with Crippen molar-refractivity contribution in [2.24, 2.45) is 0 Å². The van der Waals surface area contributed by atoms with Crippen LogP contribution >= 0.6 is 0 Å². The van der Waals surface area contributed by atoms with Crippen molar-refractivity contribution in [1.29, 1.82) is 0 Å². The molecule has 0 aromatic heterocycles. The van der Waals surface area contributed by atoms with Crippen LogP contribution in [0.3, 0.4) is 0 Å². The van der Waals surface area contributed by atoms with Crippen molar-refractivity contribution in [2.75, 3.05) is 34.0 Å². The Hall–Kier alpha value is -0.900. The normalized spacial score (nSPS) is 12.7. The minimum atomic E-state index is 0.256. The maximum atomic E-state index is 5.67. The Bertz CT molecular complexity index is 352.